The smallest absolute Gasteiger partial charge is 0.253 e. The topological polar surface area (TPSA) is 92.0 Å². The number of hydrogen-bond donors (Lipinski definition) is 2. The van der Waals surface area contributed by atoms with E-state index in [9.17, 15) is 19.8 Å². The Morgan fingerprint density at radius 3 is 2.16 bits per heavy atom. The van der Waals surface area contributed by atoms with Crippen molar-refractivity contribution >= 4 is 11.8 Å². The quantitative estimate of drug-likeness (QED) is 0.560. The van der Waals surface area contributed by atoms with Crippen molar-refractivity contribution in [2.75, 3.05) is 13.2 Å². The van der Waals surface area contributed by atoms with Crippen LogP contribution in [0.25, 0.3) is 0 Å². The summed E-state index contributed by atoms with van der Waals surface area (Å²) in [6, 6.07) is 2.62. The van der Waals surface area contributed by atoms with Crippen LogP contribution in [0.2, 0.25) is 0 Å². The molecule has 7 heteroatoms. The van der Waals surface area contributed by atoms with E-state index in [1.807, 2.05) is 0 Å². The molecule has 0 aromatic carbocycles. The van der Waals surface area contributed by atoms with Gasteiger partial charge in [0.2, 0.25) is 11.8 Å². The van der Waals surface area contributed by atoms with Crippen molar-refractivity contribution in [2.24, 2.45) is 0 Å². The van der Waals surface area contributed by atoms with Gasteiger partial charge < -0.3 is 15.1 Å². The van der Waals surface area contributed by atoms with Crippen LogP contribution in [0.3, 0.4) is 0 Å². The van der Waals surface area contributed by atoms with Gasteiger partial charge in [0.05, 0.1) is 0 Å². The monoisotopic (exact) mass is 266 g/mol. The van der Waals surface area contributed by atoms with Gasteiger partial charge in [0.25, 0.3) is 11.8 Å². The highest BCUT2D eigenvalue weighted by atomic mass is 16.7. The number of carbonyl (C=O) groups is 2. The first kappa shape index (κ1) is 13.0. The van der Waals surface area contributed by atoms with E-state index in [0.29, 0.717) is 19.4 Å². The van der Waals surface area contributed by atoms with Gasteiger partial charge in [-0.2, -0.15) is 0 Å². The van der Waals surface area contributed by atoms with Crippen LogP contribution in [0.15, 0.2) is 24.3 Å². The number of imide groups is 1. The fraction of sp³-hybridized carbons (Fsp3) is 0.333. The lowest BCUT2D eigenvalue weighted by Crippen LogP contribution is -2.31. The molecule has 2 N–H and O–H groups in total. The molecule has 1 aromatic rings. The zero-order chi connectivity index (χ0) is 13.8. The lowest BCUT2D eigenvalue weighted by molar-refractivity contribution is -0.136. The average Bonchev–Trinajstić information content (AvgIpc) is 2.86. The molecule has 7 nitrogen and oxygen atoms in total. The third kappa shape index (κ3) is 2.87. The van der Waals surface area contributed by atoms with Crippen LogP contribution in [0.4, 0.5) is 0 Å². The van der Waals surface area contributed by atoms with E-state index >= 15 is 0 Å². The predicted molar refractivity (Wildman–Crippen MR) is 64.3 cm³/mol. The number of amides is 2. The number of carbonyl (C=O) groups excluding carboxylic acids is 2. The molecule has 2 heterocycles. The Balaban J connectivity index is 1.68. The van der Waals surface area contributed by atoms with Gasteiger partial charge in [0, 0.05) is 30.8 Å². The summed E-state index contributed by atoms with van der Waals surface area (Å²) in [4.78, 5) is 28.8. The minimum atomic E-state index is -0.299. The number of rotatable bonds is 6. The number of nitrogens with zero attached hydrogens (tertiary/aromatic N) is 2. The van der Waals surface area contributed by atoms with Gasteiger partial charge in [-0.05, 0) is 12.8 Å². The van der Waals surface area contributed by atoms with E-state index in [0.717, 1.165) is 9.63 Å². The number of aromatic hydroxyl groups is 2. The fourth-order valence-corrected chi connectivity index (χ4v) is 1.71. The molecule has 1 aliphatic heterocycles. The van der Waals surface area contributed by atoms with Crippen molar-refractivity contribution < 1.29 is 24.6 Å². The van der Waals surface area contributed by atoms with Gasteiger partial charge in [0.1, 0.15) is 6.61 Å². The molecule has 2 rings (SSSR count). The summed E-state index contributed by atoms with van der Waals surface area (Å²) >= 11 is 0. The highest BCUT2D eigenvalue weighted by Gasteiger charge is 2.22. The minimum absolute atomic E-state index is 0.188. The number of hydrogen-bond acceptors (Lipinski definition) is 5. The molecule has 0 atom stereocenters. The fourth-order valence-electron chi connectivity index (χ4n) is 1.71. The first-order valence-electron chi connectivity index (χ1n) is 5.86. The summed E-state index contributed by atoms with van der Waals surface area (Å²) in [7, 11) is 0. The summed E-state index contributed by atoms with van der Waals surface area (Å²) in [5, 5.41) is 18.6. The Hall–Kier alpha value is -2.44. The highest BCUT2D eigenvalue weighted by Crippen LogP contribution is 2.18. The van der Waals surface area contributed by atoms with Crippen molar-refractivity contribution in [1.82, 2.24) is 9.63 Å². The normalized spacial score (nSPS) is 14.4. The Bertz CT molecular complexity index is 483. The largest absolute Gasteiger partial charge is 0.492 e. The zero-order valence-electron chi connectivity index (χ0n) is 10.2. The van der Waals surface area contributed by atoms with E-state index in [1.165, 1.54) is 24.3 Å². The molecule has 0 saturated heterocycles. The number of unbranched alkanes of at least 4 members (excludes halogenated alkanes) is 1. The van der Waals surface area contributed by atoms with Gasteiger partial charge in [-0.25, -0.2) is 0 Å². The van der Waals surface area contributed by atoms with Crippen molar-refractivity contribution in [2.45, 2.75) is 12.8 Å². The first-order chi connectivity index (χ1) is 9.09. The molecule has 0 unspecified atom stereocenters. The van der Waals surface area contributed by atoms with Crippen LogP contribution in [0.5, 0.6) is 11.8 Å². The van der Waals surface area contributed by atoms with Gasteiger partial charge in [-0.15, -0.1) is 4.73 Å². The van der Waals surface area contributed by atoms with Gasteiger partial charge >= 0.3 is 0 Å². The van der Waals surface area contributed by atoms with Crippen LogP contribution in [0, 0.1) is 0 Å². The van der Waals surface area contributed by atoms with E-state index in [2.05, 4.69) is 0 Å². The second-order valence-corrected chi connectivity index (χ2v) is 4.05. The second-order valence-electron chi connectivity index (χ2n) is 4.05. The summed E-state index contributed by atoms with van der Waals surface area (Å²) in [6.07, 6.45) is 3.65. The molecule has 102 valence electrons. The molecule has 2 amide bonds. The molecule has 1 aromatic heterocycles. The maximum atomic E-state index is 11.2. The summed E-state index contributed by atoms with van der Waals surface area (Å²) in [5.74, 6) is -0.976. The summed E-state index contributed by atoms with van der Waals surface area (Å²) in [6.45, 7) is 0.580. The molecule has 0 radical (unpaired) electrons. The van der Waals surface area contributed by atoms with E-state index < -0.39 is 0 Å². The van der Waals surface area contributed by atoms with E-state index in [1.54, 1.807) is 0 Å². The Kier molecular flexibility index (Phi) is 3.74. The predicted octanol–water partition coefficient (Wildman–Crippen LogP) is 0.0331. The molecular formula is C12H14N2O5. The van der Waals surface area contributed by atoms with E-state index in [-0.39, 0.29) is 30.2 Å². The van der Waals surface area contributed by atoms with Crippen LogP contribution < -0.4 is 4.84 Å². The SMILES string of the molecule is O=C1C=CC(=O)N1CCCCOn1c(O)ccc1O. The Morgan fingerprint density at radius 2 is 1.58 bits per heavy atom. The number of aromatic nitrogens is 1. The average molecular weight is 266 g/mol. The maximum Gasteiger partial charge on any atom is 0.253 e. The van der Waals surface area contributed by atoms with Crippen molar-refractivity contribution in [3.63, 3.8) is 0 Å². The molecule has 1 aliphatic rings. The molecule has 0 spiro atoms. The van der Waals surface area contributed by atoms with E-state index in [4.69, 9.17) is 4.84 Å². The second kappa shape index (κ2) is 5.47. The van der Waals surface area contributed by atoms with Gasteiger partial charge in [-0.1, -0.05) is 0 Å². The third-order valence-electron chi connectivity index (χ3n) is 2.69. The highest BCUT2D eigenvalue weighted by molar-refractivity contribution is 6.12. The third-order valence-corrected chi connectivity index (χ3v) is 2.69. The summed E-state index contributed by atoms with van der Waals surface area (Å²) < 4.78 is 0.910. The standard InChI is InChI=1S/C12H14N2O5/c15-9-3-4-10(16)13(9)7-1-2-8-19-14-11(17)5-6-12(14)18/h3-6,17-18H,1-2,7-8H2. The lowest BCUT2D eigenvalue weighted by atomic mass is 10.3. The molecule has 19 heavy (non-hydrogen) atoms. The van der Waals surface area contributed by atoms with Crippen LogP contribution in [-0.2, 0) is 9.59 Å². The summed E-state index contributed by atoms with van der Waals surface area (Å²) in [5.41, 5.74) is 0. The van der Waals surface area contributed by atoms with Crippen molar-refractivity contribution in [1.29, 1.82) is 0 Å². The molecule has 0 aliphatic carbocycles. The Labute approximate surface area is 109 Å². The zero-order valence-corrected chi connectivity index (χ0v) is 10.2. The Morgan fingerprint density at radius 1 is 1.00 bits per heavy atom. The molecular weight excluding hydrogens is 252 g/mol. The van der Waals surface area contributed by atoms with Gasteiger partial charge in [-0.3, -0.25) is 14.5 Å². The lowest BCUT2D eigenvalue weighted by Gasteiger charge is -2.13. The first-order valence-corrected chi connectivity index (χ1v) is 5.86. The molecule has 0 saturated carbocycles. The molecule has 0 fully saturated rings. The van der Waals surface area contributed by atoms with Crippen LogP contribution >= 0.6 is 0 Å². The minimum Gasteiger partial charge on any atom is -0.492 e. The van der Waals surface area contributed by atoms with Crippen LogP contribution in [0.1, 0.15) is 12.8 Å². The maximum absolute atomic E-state index is 11.2. The van der Waals surface area contributed by atoms with Crippen molar-refractivity contribution in [3.8, 4) is 11.8 Å². The molecule has 0 bridgehead atoms. The van der Waals surface area contributed by atoms with Gasteiger partial charge in [0.15, 0.2) is 0 Å². The van der Waals surface area contributed by atoms with Crippen LogP contribution in [-0.4, -0.2) is 44.8 Å². The van der Waals surface area contributed by atoms with Crippen molar-refractivity contribution in [3.05, 3.63) is 24.3 Å².